The molecule has 1 heterocycles. The van der Waals surface area contributed by atoms with Gasteiger partial charge in [-0.3, -0.25) is 0 Å². The van der Waals surface area contributed by atoms with Crippen molar-refractivity contribution in [2.24, 2.45) is 5.92 Å². The van der Waals surface area contributed by atoms with Crippen LogP contribution in [0.25, 0.3) is 0 Å². The first-order chi connectivity index (χ1) is 10.1. The summed E-state index contributed by atoms with van der Waals surface area (Å²) < 4.78 is 6.74. The van der Waals surface area contributed by atoms with Crippen LogP contribution in [0, 0.1) is 19.8 Å². The average Bonchev–Trinajstić information content (AvgIpc) is 2.49. The molecular formula is C18H28BrNO. The van der Waals surface area contributed by atoms with Crippen LogP contribution < -0.4 is 5.32 Å². The van der Waals surface area contributed by atoms with E-state index in [4.69, 9.17) is 4.74 Å². The second-order valence-corrected chi connectivity index (χ2v) is 7.06. The number of hydrogen-bond donors (Lipinski definition) is 1. The van der Waals surface area contributed by atoms with Crippen LogP contribution in [0.5, 0.6) is 0 Å². The van der Waals surface area contributed by atoms with Crippen molar-refractivity contribution < 1.29 is 4.74 Å². The second kappa shape index (κ2) is 8.30. The summed E-state index contributed by atoms with van der Waals surface area (Å²) in [6, 6.07) is 5.14. The Morgan fingerprint density at radius 3 is 2.43 bits per heavy atom. The third-order valence-electron chi connectivity index (χ3n) is 4.41. The predicted octanol–water partition coefficient (Wildman–Crippen LogP) is 4.92. The molecule has 1 aliphatic heterocycles. The summed E-state index contributed by atoms with van der Waals surface area (Å²) in [7, 11) is 0. The Morgan fingerprint density at radius 2 is 1.86 bits per heavy atom. The van der Waals surface area contributed by atoms with Crippen LogP contribution in [0.1, 0.15) is 55.3 Å². The van der Waals surface area contributed by atoms with Crippen LogP contribution in [0.2, 0.25) is 0 Å². The fourth-order valence-electron chi connectivity index (χ4n) is 3.15. The Labute approximate surface area is 137 Å². The van der Waals surface area contributed by atoms with Gasteiger partial charge in [-0.25, -0.2) is 0 Å². The molecule has 1 fully saturated rings. The van der Waals surface area contributed by atoms with Crippen LogP contribution in [-0.2, 0) is 4.74 Å². The molecule has 0 spiro atoms. The van der Waals surface area contributed by atoms with E-state index in [0.29, 0.717) is 6.04 Å². The van der Waals surface area contributed by atoms with E-state index in [1.165, 1.54) is 46.8 Å². The highest BCUT2D eigenvalue weighted by atomic mass is 79.9. The maximum atomic E-state index is 5.50. The summed E-state index contributed by atoms with van der Waals surface area (Å²) in [5, 5.41) is 3.75. The van der Waals surface area contributed by atoms with Gasteiger partial charge in [-0.15, -0.1) is 0 Å². The SMILES string of the molecule is CCCNC(CC1CCOCC1)c1cc(C)c(Br)c(C)c1. The third-order valence-corrected chi connectivity index (χ3v) is 5.66. The lowest BCUT2D eigenvalue weighted by atomic mass is 9.88. The predicted molar refractivity (Wildman–Crippen MR) is 92.8 cm³/mol. The van der Waals surface area contributed by atoms with E-state index < -0.39 is 0 Å². The van der Waals surface area contributed by atoms with Crippen LogP contribution in [0.3, 0.4) is 0 Å². The minimum Gasteiger partial charge on any atom is -0.381 e. The molecule has 0 bridgehead atoms. The minimum atomic E-state index is 0.471. The largest absolute Gasteiger partial charge is 0.381 e. The molecule has 1 atom stereocenters. The van der Waals surface area contributed by atoms with Gasteiger partial charge < -0.3 is 10.1 Å². The van der Waals surface area contributed by atoms with Gasteiger partial charge in [0.05, 0.1) is 0 Å². The highest BCUT2D eigenvalue weighted by Crippen LogP contribution is 2.31. The van der Waals surface area contributed by atoms with Crippen LogP contribution in [0.15, 0.2) is 16.6 Å². The van der Waals surface area contributed by atoms with Crippen molar-refractivity contribution >= 4 is 15.9 Å². The standard InChI is InChI=1S/C18H28BrNO/c1-4-7-20-17(12-15-5-8-21-9-6-15)16-10-13(2)18(19)14(3)11-16/h10-11,15,17,20H,4-9,12H2,1-3H3. The van der Waals surface area contributed by atoms with E-state index in [1.807, 2.05) is 0 Å². The van der Waals surface area contributed by atoms with E-state index in [0.717, 1.165) is 25.7 Å². The maximum Gasteiger partial charge on any atom is 0.0468 e. The zero-order chi connectivity index (χ0) is 15.2. The molecule has 3 heteroatoms. The first-order valence-corrected chi connectivity index (χ1v) is 8.99. The van der Waals surface area contributed by atoms with Gasteiger partial charge in [-0.2, -0.15) is 0 Å². The summed E-state index contributed by atoms with van der Waals surface area (Å²) in [4.78, 5) is 0. The number of nitrogens with one attached hydrogen (secondary N) is 1. The molecule has 1 aliphatic rings. The van der Waals surface area contributed by atoms with Crippen LogP contribution in [0.4, 0.5) is 0 Å². The van der Waals surface area contributed by atoms with Crippen molar-refractivity contribution in [2.75, 3.05) is 19.8 Å². The zero-order valence-corrected chi connectivity index (χ0v) is 15.1. The number of halogens is 1. The van der Waals surface area contributed by atoms with Gasteiger partial charge in [0.15, 0.2) is 0 Å². The van der Waals surface area contributed by atoms with Crippen molar-refractivity contribution in [2.45, 2.75) is 52.5 Å². The summed E-state index contributed by atoms with van der Waals surface area (Å²) >= 11 is 3.68. The Balaban J connectivity index is 2.14. The molecule has 1 saturated heterocycles. The molecule has 0 saturated carbocycles. The highest BCUT2D eigenvalue weighted by molar-refractivity contribution is 9.10. The quantitative estimate of drug-likeness (QED) is 0.783. The van der Waals surface area contributed by atoms with Gasteiger partial charge in [-0.1, -0.05) is 35.0 Å². The number of ether oxygens (including phenoxy) is 1. The second-order valence-electron chi connectivity index (χ2n) is 6.27. The number of rotatable bonds is 6. The summed E-state index contributed by atoms with van der Waals surface area (Å²) in [6.07, 6.45) is 4.82. The van der Waals surface area contributed by atoms with Gasteiger partial charge in [0.1, 0.15) is 0 Å². The summed E-state index contributed by atoms with van der Waals surface area (Å²) in [5.41, 5.74) is 4.11. The normalized spacial score (nSPS) is 17.9. The lowest BCUT2D eigenvalue weighted by Crippen LogP contribution is -2.27. The lowest BCUT2D eigenvalue weighted by molar-refractivity contribution is 0.0605. The molecule has 0 radical (unpaired) electrons. The maximum absolute atomic E-state index is 5.50. The summed E-state index contributed by atoms with van der Waals surface area (Å²) in [6.45, 7) is 9.56. The van der Waals surface area contributed by atoms with E-state index in [1.54, 1.807) is 0 Å². The number of benzene rings is 1. The first kappa shape index (κ1) is 17.0. The molecule has 0 aliphatic carbocycles. The van der Waals surface area contributed by atoms with E-state index in [-0.39, 0.29) is 0 Å². The molecule has 2 rings (SSSR count). The number of hydrogen-bond acceptors (Lipinski definition) is 2. The van der Waals surface area contributed by atoms with Crippen molar-refractivity contribution in [3.05, 3.63) is 33.3 Å². The van der Waals surface area contributed by atoms with E-state index in [2.05, 4.69) is 54.2 Å². The van der Waals surface area contributed by atoms with Crippen LogP contribution in [-0.4, -0.2) is 19.8 Å². The molecule has 2 nitrogen and oxygen atoms in total. The van der Waals surface area contributed by atoms with Gasteiger partial charge in [0.25, 0.3) is 0 Å². The van der Waals surface area contributed by atoms with Crippen LogP contribution >= 0.6 is 15.9 Å². The molecule has 1 N–H and O–H groups in total. The van der Waals surface area contributed by atoms with Crippen molar-refractivity contribution in [1.29, 1.82) is 0 Å². The zero-order valence-electron chi connectivity index (χ0n) is 13.5. The topological polar surface area (TPSA) is 21.3 Å². The average molecular weight is 354 g/mol. The molecule has 118 valence electrons. The molecule has 21 heavy (non-hydrogen) atoms. The fourth-order valence-corrected chi connectivity index (χ4v) is 3.38. The minimum absolute atomic E-state index is 0.471. The van der Waals surface area contributed by atoms with Crippen molar-refractivity contribution in [1.82, 2.24) is 5.32 Å². The monoisotopic (exact) mass is 353 g/mol. The molecule has 0 amide bonds. The Morgan fingerprint density at radius 1 is 1.24 bits per heavy atom. The molecule has 1 aromatic carbocycles. The fraction of sp³-hybridized carbons (Fsp3) is 0.667. The Kier molecular flexibility index (Phi) is 6.72. The Bertz CT molecular complexity index is 432. The third kappa shape index (κ3) is 4.80. The van der Waals surface area contributed by atoms with Crippen molar-refractivity contribution in [3.8, 4) is 0 Å². The molecule has 1 unspecified atom stereocenters. The van der Waals surface area contributed by atoms with E-state index >= 15 is 0 Å². The lowest BCUT2D eigenvalue weighted by Gasteiger charge is -2.28. The van der Waals surface area contributed by atoms with Gasteiger partial charge in [0.2, 0.25) is 0 Å². The number of aryl methyl sites for hydroxylation is 2. The first-order valence-electron chi connectivity index (χ1n) is 8.19. The van der Waals surface area contributed by atoms with Gasteiger partial charge >= 0.3 is 0 Å². The summed E-state index contributed by atoms with van der Waals surface area (Å²) in [5.74, 6) is 0.789. The highest BCUT2D eigenvalue weighted by Gasteiger charge is 2.21. The molecule has 0 aromatic heterocycles. The molecule has 1 aromatic rings. The smallest absolute Gasteiger partial charge is 0.0468 e. The van der Waals surface area contributed by atoms with Gasteiger partial charge in [0, 0.05) is 23.7 Å². The van der Waals surface area contributed by atoms with Crippen molar-refractivity contribution in [3.63, 3.8) is 0 Å². The Hall–Kier alpha value is -0.380. The van der Waals surface area contributed by atoms with E-state index in [9.17, 15) is 0 Å². The van der Waals surface area contributed by atoms with Gasteiger partial charge in [-0.05, 0) is 68.7 Å². The molecular weight excluding hydrogens is 326 g/mol.